The molecule has 0 N–H and O–H groups in total. The number of alkyl halides is 3. The van der Waals surface area contributed by atoms with Gasteiger partial charge in [-0.1, -0.05) is 70.4 Å². The first kappa shape index (κ1) is 22.6. The normalized spacial score (nSPS) is 10.9. The summed E-state index contributed by atoms with van der Waals surface area (Å²) in [6.07, 6.45) is 7.41. The Kier molecular flexibility index (Phi) is 13.1. The first-order valence-electron chi connectivity index (χ1n) is 8.75. The molecule has 1 amide bonds. The Morgan fingerprint density at radius 1 is 1.00 bits per heavy atom. The van der Waals surface area contributed by atoms with Crippen molar-refractivity contribution in [1.82, 2.24) is 4.90 Å². The molecule has 0 saturated carbocycles. The first-order chi connectivity index (χ1) is 11.4. The number of ether oxygens (including phenoxy) is 1. The molecule has 24 heavy (non-hydrogen) atoms. The first-order valence-corrected chi connectivity index (χ1v) is 8.75. The molecule has 0 heterocycles. The van der Waals surface area contributed by atoms with Crippen molar-refractivity contribution in [3.63, 3.8) is 0 Å². The maximum Gasteiger partial charge on any atom is 0.416 e. The summed E-state index contributed by atoms with van der Waals surface area (Å²) in [5, 5.41) is 0. The molecule has 0 unspecified atom stereocenters. The minimum Gasteiger partial charge on any atom is -0.452 e. The molecule has 0 bridgehead atoms. The summed E-state index contributed by atoms with van der Waals surface area (Å²) in [6.45, 7) is 2.54. The van der Waals surface area contributed by atoms with Crippen LogP contribution >= 0.6 is 0 Å². The molecule has 0 radical (unpaired) electrons. The van der Waals surface area contributed by atoms with Gasteiger partial charge in [-0.25, -0.2) is 4.79 Å². The van der Waals surface area contributed by atoms with Gasteiger partial charge < -0.3 is 4.74 Å². The van der Waals surface area contributed by atoms with E-state index in [1.165, 1.54) is 45.6 Å². The van der Waals surface area contributed by atoms with Crippen LogP contribution in [0.5, 0.6) is 0 Å². The van der Waals surface area contributed by atoms with Crippen molar-refractivity contribution in [2.45, 2.75) is 77.3 Å². The molecule has 0 aliphatic heterocycles. The third-order valence-electron chi connectivity index (χ3n) is 3.64. The third kappa shape index (κ3) is 14.2. The van der Waals surface area contributed by atoms with E-state index in [0.717, 1.165) is 36.8 Å². The second-order valence-electron chi connectivity index (χ2n) is 5.83. The van der Waals surface area contributed by atoms with Crippen LogP contribution < -0.4 is 0 Å². The molecule has 0 aliphatic rings. The van der Waals surface area contributed by atoms with Gasteiger partial charge in [0.2, 0.25) is 0 Å². The molecular weight excluding hydrogens is 319 g/mol. The van der Waals surface area contributed by atoms with Crippen LogP contribution in [0.4, 0.5) is 18.0 Å². The van der Waals surface area contributed by atoms with Crippen molar-refractivity contribution in [2.75, 3.05) is 13.7 Å². The zero-order valence-electron chi connectivity index (χ0n) is 14.8. The van der Waals surface area contributed by atoms with Gasteiger partial charge in [0.05, 0.1) is 19.4 Å². The maximum absolute atomic E-state index is 12.0. The minimum absolute atomic E-state index is 0.0263. The molecule has 6 heteroatoms. The zero-order chi connectivity index (χ0) is 18.3. The van der Waals surface area contributed by atoms with Gasteiger partial charge in [0, 0.05) is 6.54 Å². The summed E-state index contributed by atoms with van der Waals surface area (Å²) in [5.74, 6) is 0. The third-order valence-corrected chi connectivity index (χ3v) is 3.64. The van der Waals surface area contributed by atoms with Gasteiger partial charge in [-0.05, 0) is 6.42 Å². The molecule has 0 aliphatic carbocycles. The molecule has 3 nitrogen and oxygen atoms in total. The van der Waals surface area contributed by atoms with Crippen LogP contribution in [0.1, 0.15) is 71.1 Å². The van der Waals surface area contributed by atoms with E-state index >= 15 is 0 Å². The maximum atomic E-state index is 12.0. The van der Waals surface area contributed by atoms with Crippen LogP contribution in [0.3, 0.4) is 0 Å². The number of halogens is 3. The van der Waals surface area contributed by atoms with Crippen molar-refractivity contribution in [3.05, 3.63) is 18.0 Å². The molecule has 140 valence electrons. The molecule has 0 saturated heterocycles. The van der Waals surface area contributed by atoms with E-state index in [0.29, 0.717) is 6.54 Å². The molecule has 0 atom stereocenters. The van der Waals surface area contributed by atoms with Crippen molar-refractivity contribution in [2.24, 2.45) is 0 Å². The Hall–Kier alpha value is -1.42. The van der Waals surface area contributed by atoms with Crippen molar-refractivity contribution < 1.29 is 22.7 Å². The van der Waals surface area contributed by atoms with Gasteiger partial charge >= 0.3 is 12.3 Å². The fourth-order valence-corrected chi connectivity index (χ4v) is 2.32. The smallest absolute Gasteiger partial charge is 0.416 e. The summed E-state index contributed by atoms with van der Waals surface area (Å²) >= 11 is 0. The summed E-state index contributed by atoms with van der Waals surface area (Å²) < 4.78 is 40.7. The number of methoxy groups -OCH3 is 1. The highest BCUT2D eigenvalue weighted by Gasteiger charge is 2.22. The predicted octanol–water partition coefficient (Wildman–Crippen LogP) is 6.21. The molecule has 0 aromatic heterocycles. The van der Waals surface area contributed by atoms with Crippen molar-refractivity contribution >= 4 is 6.09 Å². The van der Waals surface area contributed by atoms with Crippen molar-refractivity contribution in [1.29, 1.82) is 0 Å². The quantitative estimate of drug-likeness (QED) is 0.310. The van der Waals surface area contributed by atoms with Crippen LogP contribution in [-0.2, 0) is 4.74 Å². The topological polar surface area (TPSA) is 29.5 Å². The van der Waals surface area contributed by atoms with E-state index < -0.39 is 12.3 Å². The fourth-order valence-electron chi connectivity index (χ4n) is 2.32. The monoisotopic (exact) mass is 349 g/mol. The Balaban J connectivity index is 3.92. The Morgan fingerprint density at radius 3 is 1.96 bits per heavy atom. The van der Waals surface area contributed by atoms with Crippen LogP contribution in [0.15, 0.2) is 18.0 Å². The fraction of sp³-hybridized carbons (Fsp3) is 0.778. The highest BCUT2D eigenvalue weighted by Crippen LogP contribution is 2.15. The van der Waals surface area contributed by atoms with Gasteiger partial charge in [0.15, 0.2) is 0 Å². The number of hydrogen-bond donors (Lipinski definition) is 0. The SMILES string of the molecule is CCCCCCCCCCCCN(C=C=CC(F)(F)F)C(=O)OC. The molecule has 0 aromatic rings. The van der Waals surface area contributed by atoms with E-state index in [1.54, 1.807) is 0 Å². The van der Waals surface area contributed by atoms with E-state index in [2.05, 4.69) is 11.7 Å². The lowest BCUT2D eigenvalue weighted by atomic mass is 10.1. The number of allylic oxidation sites excluding steroid dienone is 1. The molecule has 0 fully saturated rings. The Morgan fingerprint density at radius 2 is 1.50 bits per heavy atom. The van der Waals surface area contributed by atoms with E-state index in [-0.39, 0.29) is 6.08 Å². The molecule has 0 spiro atoms. The highest BCUT2D eigenvalue weighted by molar-refractivity contribution is 5.68. The number of rotatable bonds is 12. The van der Waals surface area contributed by atoms with Crippen LogP contribution in [-0.4, -0.2) is 30.8 Å². The number of hydrogen-bond acceptors (Lipinski definition) is 2. The van der Waals surface area contributed by atoms with Gasteiger partial charge in [-0.2, -0.15) is 13.2 Å². The number of carbonyl (C=O) groups excluding carboxylic acids is 1. The number of carbonyl (C=O) groups is 1. The summed E-state index contributed by atoms with van der Waals surface area (Å²) in [6, 6.07) is 0. The highest BCUT2D eigenvalue weighted by atomic mass is 19.4. The van der Waals surface area contributed by atoms with Crippen LogP contribution in [0.2, 0.25) is 0 Å². The Bertz CT molecular complexity index is 388. The van der Waals surface area contributed by atoms with Gasteiger partial charge in [0.1, 0.15) is 0 Å². The molecule has 0 aromatic carbocycles. The van der Waals surface area contributed by atoms with Gasteiger partial charge in [0.25, 0.3) is 0 Å². The average molecular weight is 349 g/mol. The second kappa shape index (κ2) is 14.0. The average Bonchev–Trinajstić information content (AvgIpc) is 2.53. The molecular formula is C18H30F3NO2. The lowest BCUT2D eigenvalue weighted by Gasteiger charge is -2.15. The number of unbranched alkanes of at least 4 members (excludes halogenated alkanes) is 9. The summed E-state index contributed by atoms with van der Waals surface area (Å²) in [5.41, 5.74) is 1.98. The largest absolute Gasteiger partial charge is 0.452 e. The van der Waals surface area contributed by atoms with Crippen LogP contribution in [0, 0.1) is 0 Å². The van der Waals surface area contributed by atoms with Crippen LogP contribution in [0.25, 0.3) is 0 Å². The number of amides is 1. The summed E-state index contributed by atoms with van der Waals surface area (Å²) in [4.78, 5) is 12.6. The van der Waals surface area contributed by atoms with Gasteiger partial charge in [-0.3, -0.25) is 4.90 Å². The summed E-state index contributed by atoms with van der Waals surface area (Å²) in [7, 11) is 1.20. The lowest BCUT2D eigenvalue weighted by Crippen LogP contribution is -2.26. The minimum atomic E-state index is -4.44. The lowest BCUT2D eigenvalue weighted by molar-refractivity contribution is -0.0797. The van der Waals surface area contributed by atoms with E-state index in [4.69, 9.17) is 0 Å². The van der Waals surface area contributed by atoms with E-state index in [1.807, 2.05) is 5.73 Å². The Labute approximate surface area is 143 Å². The zero-order valence-corrected chi connectivity index (χ0v) is 14.8. The predicted molar refractivity (Wildman–Crippen MR) is 89.7 cm³/mol. The van der Waals surface area contributed by atoms with Gasteiger partial charge in [-0.15, -0.1) is 0 Å². The second-order valence-corrected chi connectivity index (χ2v) is 5.83. The van der Waals surface area contributed by atoms with Crippen molar-refractivity contribution in [3.8, 4) is 0 Å². The van der Waals surface area contributed by atoms with E-state index in [9.17, 15) is 18.0 Å². The standard InChI is InChI=1S/C18H30F3NO2/c1-3-4-5-6-7-8-9-10-11-12-15-22(17(23)24-2)16-13-14-18(19,20)21/h14,16H,3-12,15H2,1-2H3. The number of nitrogens with zero attached hydrogens (tertiary/aromatic N) is 1. The molecule has 0 rings (SSSR count).